The predicted molar refractivity (Wildman–Crippen MR) is 145 cm³/mol. The number of aromatic nitrogens is 1. The van der Waals surface area contributed by atoms with Gasteiger partial charge in [-0.1, -0.05) is 29.4 Å². The molecule has 0 bridgehead atoms. The van der Waals surface area contributed by atoms with Crippen LogP contribution in [0.5, 0.6) is 0 Å². The lowest BCUT2D eigenvalue weighted by Gasteiger charge is -2.45. The van der Waals surface area contributed by atoms with Crippen molar-refractivity contribution in [2.75, 3.05) is 25.0 Å². The van der Waals surface area contributed by atoms with Gasteiger partial charge in [-0.2, -0.15) is 13.2 Å². The molecule has 1 aromatic heterocycles. The first-order valence-electron chi connectivity index (χ1n) is 12.8. The topological polar surface area (TPSA) is 85.8 Å². The van der Waals surface area contributed by atoms with Crippen molar-refractivity contribution in [2.45, 2.75) is 57.3 Å². The Labute approximate surface area is 232 Å². The number of benzene rings is 2. The molecule has 2 fully saturated rings. The van der Waals surface area contributed by atoms with E-state index in [1.807, 2.05) is 13.0 Å². The van der Waals surface area contributed by atoms with Crippen molar-refractivity contribution >= 4 is 50.3 Å². The Morgan fingerprint density at radius 1 is 1.10 bits per heavy atom. The van der Waals surface area contributed by atoms with Gasteiger partial charge in [0.25, 0.3) is 5.91 Å². The molecule has 0 saturated carbocycles. The van der Waals surface area contributed by atoms with Gasteiger partial charge in [0.1, 0.15) is 0 Å². The van der Waals surface area contributed by atoms with Gasteiger partial charge in [0, 0.05) is 35.8 Å². The van der Waals surface area contributed by atoms with E-state index in [9.17, 15) is 27.9 Å². The van der Waals surface area contributed by atoms with Gasteiger partial charge in [0.15, 0.2) is 5.13 Å². The van der Waals surface area contributed by atoms with Crippen LogP contribution in [0.2, 0.25) is 5.02 Å². The standard InChI is InChI=1S/C27H28ClF3N4O3S/c1-15-12-17(28)14-19(24(36)33-25-32-20-6-5-16(27(29,30)31)13-22(20)39-25)23(15)21-4-2-3-9-35(21)18-7-10-34(11-8-18)26(37)38/h5-6,12-14,18,21H,2-4,7-11H2,1H3,(H,37,38)(H,32,33,36). The number of nitrogens with one attached hydrogen (secondary N) is 1. The van der Waals surface area contributed by atoms with Gasteiger partial charge >= 0.3 is 12.3 Å². The van der Waals surface area contributed by atoms with Crippen LogP contribution >= 0.6 is 22.9 Å². The summed E-state index contributed by atoms with van der Waals surface area (Å²) >= 11 is 7.38. The zero-order valence-corrected chi connectivity index (χ0v) is 22.8. The Kier molecular flexibility index (Phi) is 7.76. The molecular formula is C27H28ClF3N4O3S. The van der Waals surface area contributed by atoms with Gasteiger partial charge < -0.3 is 10.0 Å². The van der Waals surface area contributed by atoms with E-state index in [0.717, 1.165) is 73.2 Å². The molecule has 2 N–H and O–H groups in total. The van der Waals surface area contributed by atoms with Crippen LogP contribution < -0.4 is 5.32 Å². The van der Waals surface area contributed by atoms with Crippen molar-refractivity contribution in [3.8, 4) is 0 Å². The second kappa shape index (κ2) is 10.9. The number of carboxylic acid groups (broad SMARTS) is 1. The Bertz CT molecular complexity index is 1400. The molecule has 5 rings (SSSR count). The molecule has 2 saturated heterocycles. The Balaban J connectivity index is 1.43. The average Bonchev–Trinajstić information content (AvgIpc) is 3.29. The average molecular weight is 581 g/mol. The summed E-state index contributed by atoms with van der Waals surface area (Å²) in [6.45, 7) is 3.73. The summed E-state index contributed by atoms with van der Waals surface area (Å²) in [4.78, 5) is 33.2. The highest BCUT2D eigenvalue weighted by Crippen LogP contribution is 2.40. The minimum atomic E-state index is -4.47. The van der Waals surface area contributed by atoms with Crippen LogP contribution in [0.4, 0.5) is 23.1 Å². The minimum Gasteiger partial charge on any atom is -0.465 e. The fourth-order valence-electron chi connectivity index (χ4n) is 5.79. The molecule has 39 heavy (non-hydrogen) atoms. The van der Waals surface area contributed by atoms with E-state index in [1.165, 1.54) is 11.0 Å². The third kappa shape index (κ3) is 5.85. The summed E-state index contributed by atoms with van der Waals surface area (Å²) in [5.74, 6) is -0.420. The maximum absolute atomic E-state index is 13.6. The minimum absolute atomic E-state index is 0.0390. The third-order valence-electron chi connectivity index (χ3n) is 7.61. The number of halogens is 4. The molecule has 2 amide bonds. The smallest absolute Gasteiger partial charge is 0.416 e. The first-order valence-corrected chi connectivity index (χ1v) is 14.0. The molecule has 0 spiro atoms. The number of likely N-dealkylation sites (tertiary alicyclic amines) is 2. The molecular weight excluding hydrogens is 553 g/mol. The summed E-state index contributed by atoms with van der Waals surface area (Å²) in [5.41, 5.74) is 1.77. The van der Waals surface area contributed by atoms with Crippen molar-refractivity contribution in [1.82, 2.24) is 14.8 Å². The monoisotopic (exact) mass is 580 g/mol. The number of hydrogen-bond donors (Lipinski definition) is 2. The van der Waals surface area contributed by atoms with E-state index in [1.54, 1.807) is 6.07 Å². The highest BCUT2D eigenvalue weighted by molar-refractivity contribution is 7.22. The van der Waals surface area contributed by atoms with Crippen LogP contribution in [0.3, 0.4) is 0 Å². The van der Waals surface area contributed by atoms with Crippen LogP contribution in [0.1, 0.15) is 65.2 Å². The summed E-state index contributed by atoms with van der Waals surface area (Å²) < 4.78 is 39.8. The molecule has 0 radical (unpaired) electrons. The Morgan fingerprint density at radius 2 is 1.85 bits per heavy atom. The first-order chi connectivity index (χ1) is 18.5. The van der Waals surface area contributed by atoms with Crippen molar-refractivity contribution < 1.29 is 27.9 Å². The summed E-state index contributed by atoms with van der Waals surface area (Å²) in [6.07, 6.45) is -1.05. The van der Waals surface area contributed by atoms with Gasteiger partial charge in [0.2, 0.25) is 0 Å². The number of hydrogen-bond acceptors (Lipinski definition) is 5. The number of thiazole rings is 1. The highest BCUT2D eigenvalue weighted by atomic mass is 35.5. The van der Waals surface area contributed by atoms with E-state index in [-0.39, 0.29) is 17.2 Å². The lowest BCUT2D eigenvalue weighted by atomic mass is 9.86. The second-order valence-electron chi connectivity index (χ2n) is 10.1. The number of aryl methyl sites for hydroxylation is 1. The molecule has 2 aliphatic rings. The van der Waals surface area contributed by atoms with E-state index in [2.05, 4.69) is 15.2 Å². The number of anilines is 1. The maximum atomic E-state index is 13.6. The fraction of sp³-hybridized carbons (Fsp3) is 0.444. The van der Waals surface area contributed by atoms with Crippen molar-refractivity contribution in [2.24, 2.45) is 0 Å². The summed E-state index contributed by atoms with van der Waals surface area (Å²) in [5, 5.41) is 12.8. The summed E-state index contributed by atoms with van der Waals surface area (Å²) in [6, 6.07) is 6.94. The van der Waals surface area contributed by atoms with Crippen molar-refractivity contribution in [3.63, 3.8) is 0 Å². The van der Waals surface area contributed by atoms with Gasteiger partial charge in [-0.25, -0.2) is 9.78 Å². The zero-order valence-electron chi connectivity index (χ0n) is 21.2. The molecule has 1 unspecified atom stereocenters. The van der Waals surface area contributed by atoms with Gasteiger partial charge in [0.05, 0.1) is 15.8 Å². The van der Waals surface area contributed by atoms with Gasteiger partial charge in [-0.3, -0.25) is 15.0 Å². The number of rotatable bonds is 4. The summed E-state index contributed by atoms with van der Waals surface area (Å²) in [7, 11) is 0. The number of carbonyl (C=O) groups is 2. The Morgan fingerprint density at radius 3 is 2.54 bits per heavy atom. The number of amides is 2. The van der Waals surface area contributed by atoms with E-state index >= 15 is 0 Å². The normalized spacial score (nSPS) is 19.4. The lowest BCUT2D eigenvalue weighted by Crippen LogP contribution is -2.49. The van der Waals surface area contributed by atoms with Crippen LogP contribution in [0.15, 0.2) is 30.3 Å². The van der Waals surface area contributed by atoms with Gasteiger partial charge in [-0.05, 0) is 80.6 Å². The van der Waals surface area contributed by atoms with Crippen molar-refractivity contribution in [1.29, 1.82) is 0 Å². The molecule has 1 atom stereocenters. The van der Waals surface area contributed by atoms with Crippen LogP contribution in [0, 0.1) is 6.92 Å². The molecule has 12 heteroatoms. The van der Waals surface area contributed by atoms with Crippen LogP contribution in [-0.4, -0.2) is 57.6 Å². The van der Waals surface area contributed by atoms with E-state index in [4.69, 9.17) is 11.6 Å². The molecule has 2 aliphatic heterocycles. The van der Waals surface area contributed by atoms with E-state index < -0.39 is 23.7 Å². The highest BCUT2D eigenvalue weighted by Gasteiger charge is 2.36. The fourth-order valence-corrected chi connectivity index (χ4v) is 6.97. The van der Waals surface area contributed by atoms with Gasteiger partial charge in [-0.15, -0.1) is 0 Å². The van der Waals surface area contributed by atoms with Crippen LogP contribution in [0.25, 0.3) is 10.2 Å². The number of alkyl halides is 3. The molecule has 208 valence electrons. The van der Waals surface area contributed by atoms with Crippen molar-refractivity contribution in [3.05, 3.63) is 57.6 Å². The molecule has 0 aliphatic carbocycles. The molecule has 7 nitrogen and oxygen atoms in total. The quantitative estimate of drug-likeness (QED) is 0.341. The second-order valence-corrected chi connectivity index (χ2v) is 11.6. The number of piperidine rings is 2. The van der Waals surface area contributed by atoms with Crippen LogP contribution in [-0.2, 0) is 6.18 Å². The third-order valence-corrected chi connectivity index (χ3v) is 8.77. The SMILES string of the molecule is Cc1cc(Cl)cc(C(=O)Nc2nc3ccc(C(F)(F)F)cc3s2)c1C1CCCCN1C1CCN(C(=O)O)CC1. The Hall–Kier alpha value is -2.89. The first kappa shape index (κ1) is 27.7. The number of carbonyl (C=O) groups excluding carboxylic acids is 1. The largest absolute Gasteiger partial charge is 0.465 e. The predicted octanol–water partition coefficient (Wildman–Crippen LogP) is 7.20. The zero-order chi connectivity index (χ0) is 27.9. The lowest BCUT2D eigenvalue weighted by molar-refractivity contribution is -0.137. The number of nitrogens with zero attached hydrogens (tertiary/aromatic N) is 3. The molecule has 3 heterocycles. The molecule has 3 aromatic rings. The number of fused-ring (bicyclic) bond motifs is 1. The maximum Gasteiger partial charge on any atom is 0.416 e. The molecule has 2 aromatic carbocycles. The van der Waals surface area contributed by atoms with E-state index in [0.29, 0.717) is 33.9 Å².